The molecule has 1 amide bonds. The van der Waals surface area contributed by atoms with Gasteiger partial charge in [0, 0.05) is 18.5 Å². The molecular formula is C21H28N2O3S. The SMILES string of the molecule is COc1ccc(OC)c(C2CCCN2C(=O)c2sc(CC(C)C)nc2C)c1. The summed E-state index contributed by atoms with van der Waals surface area (Å²) in [5.74, 6) is 2.17. The monoisotopic (exact) mass is 388 g/mol. The van der Waals surface area contributed by atoms with Gasteiger partial charge in [-0.3, -0.25) is 4.79 Å². The zero-order valence-electron chi connectivity index (χ0n) is 16.7. The maximum Gasteiger partial charge on any atom is 0.266 e. The molecule has 2 aromatic rings. The van der Waals surface area contributed by atoms with E-state index in [1.807, 2.05) is 30.0 Å². The lowest BCUT2D eigenvalue weighted by atomic mass is 10.0. The van der Waals surface area contributed by atoms with Crippen LogP contribution in [0.15, 0.2) is 18.2 Å². The minimum Gasteiger partial charge on any atom is -0.497 e. The fraction of sp³-hybridized carbons (Fsp3) is 0.524. The van der Waals surface area contributed by atoms with Crippen molar-refractivity contribution in [3.63, 3.8) is 0 Å². The topological polar surface area (TPSA) is 51.7 Å². The van der Waals surface area contributed by atoms with Crippen LogP contribution in [0.2, 0.25) is 0 Å². The van der Waals surface area contributed by atoms with Gasteiger partial charge in [-0.05, 0) is 43.9 Å². The number of aromatic nitrogens is 1. The highest BCUT2D eigenvalue weighted by Gasteiger charge is 2.34. The summed E-state index contributed by atoms with van der Waals surface area (Å²) in [7, 11) is 3.32. The molecule has 0 N–H and O–H groups in total. The van der Waals surface area contributed by atoms with Gasteiger partial charge in [0.2, 0.25) is 0 Å². The number of carbonyl (C=O) groups excluding carboxylic acids is 1. The summed E-state index contributed by atoms with van der Waals surface area (Å²) in [6, 6.07) is 5.78. The first-order valence-corrected chi connectivity index (χ1v) is 10.3. The van der Waals surface area contributed by atoms with Gasteiger partial charge in [0.05, 0.1) is 31.0 Å². The maximum atomic E-state index is 13.3. The van der Waals surface area contributed by atoms with Crippen LogP contribution in [0.25, 0.3) is 0 Å². The Morgan fingerprint density at radius 3 is 2.78 bits per heavy atom. The number of carbonyl (C=O) groups is 1. The van der Waals surface area contributed by atoms with Crippen LogP contribution < -0.4 is 9.47 Å². The molecule has 1 fully saturated rings. The van der Waals surface area contributed by atoms with E-state index < -0.39 is 0 Å². The van der Waals surface area contributed by atoms with Gasteiger partial charge in [-0.15, -0.1) is 11.3 Å². The minimum absolute atomic E-state index is 0.00222. The lowest BCUT2D eigenvalue weighted by molar-refractivity contribution is 0.0738. The van der Waals surface area contributed by atoms with Crippen LogP contribution in [0.3, 0.4) is 0 Å². The van der Waals surface area contributed by atoms with E-state index in [1.165, 1.54) is 11.3 Å². The minimum atomic E-state index is -0.00222. The summed E-state index contributed by atoms with van der Waals surface area (Å²) >= 11 is 1.54. The van der Waals surface area contributed by atoms with Crippen molar-refractivity contribution in [1.82, 2.24) is 9.88 Å². The van der Waals surface area contributed by atoms with E-state index in [1.54, 1.807) is 14.2 Å². The van der Waals surface area contributed by atoms with Crippen LogP contribution in [0.4, 0.5) is 0 Å². The average Bonchev–Trinajstić information content (AvgIpc) is 3.26. The zero-order valence-corrected chi connectivity index (χ0v) is 17.6. The number of ether oxygens (including phenoxy) is 2. The van der Waals surface area contributed by atoms with Gasteiger partial charge in [-0.1, -0.05) is 13.8 Å². The van der Waals surface area contributed by atoms with Crippen molar-refractivity contribution in [3.05, 3.63) is 39.3 Å². The van der Waals surface area contributed by atoms with Gasteiger partial charge >= 0.3 is 0 Å². The Morgan fingerprint density at radius 1 is 1.33 bits per heavy atom. The molecule has 0 bridgehead atoms. The number of amides is 1. The summed E-state index contributed by atoms with van der Waals surface area (Å²) in [5.41, 5.74) is 1.84. The third kappa shape index (κ3) is 4.10. The Hall–Kier alpha value is -2.08. The van der Waals surface area contributed by atoms with Crippen molar-refractivity contribution in [2.75, 3.05) is 20.8 Å². The summed E-state index contributed by atoms with van der Waals surface area (Å²) in [5, 5.41) is 1.04. The molecular weight excluding hydrogens is 360 g/mol. The first-order valence-electron chi connectivity index (χ1n) is 9.43. The molecule has 1 aromatic heterocycles. The number of rotatable bonds is 6. The lowest BCUT2D eigenvalue weighted by Gasteiger charge is -2.26. The van der Waals surface area contributed by atoms with Crippen LogP contribution in [0.1, 0.15) is 58.7 Å². The Morgan fingerprint density at radius 2 is 2.11 bits per heavy atom. The molecule has 1 aliphatic rings. The summed E-state index contributed by atoms with van der Waals surface area (Å²) < 4.78 is 10.9. The molecule has 0 radical (unpaired) electrons. The highest BCUT2D eigenvalue weighted by atomic mass is 32.1. The number of aryl methyl sites for hydroxylation is 1. The third-order valence-electron chi connectivity index (χ3n) is 4.93. The fourth-order valence-electron chi connectivity index (χ4n) is 3.65. The van der Waals surface area contributed by atoms with Gasteiger partial charge in [0.1, 0.15) is 16.4 Å². The van der Waals surface area contributed by atoms with Crippen molar-refractivity contribution in [1.29, 1.82) is 0 Å². The summed E-state index contributed by atoms with van der Waals surface area (Å²) in [6.45, 7) is 7.03. The molecule has 0 aliphatic carbocycles. The number of benzene rings is 1. The second-order valence-electron chi connectivity index (χ2n) is 7.38. The maximum absolute atomic E-state index is 13.3. The van der Waals surface area contributed by atoms with E-state index in [4.69, 9.17) is 9.47 Å². The highest BCUT2D eigenvalue weighted by molar-refractivity contribution is 7.13. The first kappa shape index (κ1) is 19.7. The van der Waals surface area contributed by atoms with Crippen molar-refractivity contribution < 1.29 is 14.3 Å². The predicted molar refractivity (Wildman–Crippen MR) is 108 cm³/mol. The summed E-state index contributed by atoms with van der Waals surface area (Å²) in [6.07, 6.45) is 2.81. The normalized spacial score (nSPS) is 16.8. The molecule has 1 saturated heterocycles. The molecule has 1 atom stereocenters. The molecule has 0 saturated carbocycles. The molecule has 2 heterocycles. The van der Waals surface area contributed by atoms with Gasteiger partial charge < -0.3 is 14.4 Å². The van der Waals surface area contributed by atoms with Crippen LogP contribution in [0.5, 0.6) is 11.5 Å². The van der Waals surface area contributed by atoms with E-state index in [-0.39, 0.29) is 11.9 Å². The van der Waals surface area contributed by atoms with Gasteiger partial charge in [0.15, 0.2) is 0 Å². The second kappa shape index (κ2) is 8.30. The number of thiazole rings is 1. The smallest absolute Gasteiger partial charge is 0.266 e. The van der Waals surface area contributed by atoms with Crippen LogP contribution in [-0.4, -0.2) is 36.6 Å². The predicted octanol–water partition coefficient (Wildman–Crippen LogP) is 4.64. The van der Waals surface area contributed by atoms with E-state index >= 15 is 0 Å². The average molecular weight is 389 g/mol. The van der Waals surface area contributed by atoms with Crippen molar-refractivity contribution in [2.24, 2.45) is 5.92 Å². The molecule has 1 aromatic carbocycles. The van der Waals surface area contributed by atoms with Crippen LogP contribution in [-0.2, 0) is 6.42 Å². The third-order valence-corrected chi connectivity index (χ3v) is 6.10. The van der Waals surface area contributed by atoms with E-state index in [2.05, 4.69) is 18.8 Å². The summed E-state index contributed by atoms with van der Waals surface area (Å²) in [4.78, 5) is 20.7. The van der Waals surface area contributed by atoms with Gasteiger partial charge in [0.25, 0.3) is 5.91 Å². The Balaban J connectivity index is 1.91. The van der Waals surface area contributed by atoms with Gasteiger partial charge in [-0.25, -0.2) is 4.98 Å². The molecule has 1 unspecified atom stereocenters. The first-order chi connectivity index (χ1) is 12.9. The van der Waals surface area contributed by atoms with Crippen LogP contribution in [0, 0.1) is 12.8 Å². The fourth-order valence-corrected chi connectivity index (χ4v) is 4.88. The van der Waals surface area contributed by atoms with Crippen molar-refractivity contribution in [2.45, 2.75) is 46.1 Å². The number of nitrogens with zero attached hydrogens (tertiary/aromatic N) is 2. The molecule has 27 heavy (non-hydrogen) atoms. The van der Waals surface area contributed by atoms with E-state index in [9.17, 15) is 4.79 Å². The number of hydrogen-bond acceptors (Lipinski definition) is 5. The van der Waals surface area contributed by atoms with Crippen molar-refractivity contribution >= 4 is 17.2 Å². The molecule has 1 aliphatic heterocycles. The standard InChI is InChI=1S/C21H28N2O3S/c1-13(2)11-19-22-14(3)20(27-19)21(24)23-10-6-7-17(23)16-12-15(25-4)8-9-18(16)26-5/h8-9,12-13,17H,6-7,10-11H2,1-5H3. The molecule has 5 nitrogen and oxygen atoms in total. The molecule has 6 heteroatoms. The van der Waals surface area contributed by atoms with E-state index in [0.29, 0.717) is 5.92 Å². The van der Waals surface area contributed by atoms with E-state index in [0.717, 1.165) is 58.4 Å². The second-order valence-corrected chi connectivity index (χ2v) is 8.47. The lowest BCUT2D eigenvalue weighted by Crippen LogP contribution is -2.30. The number of likely N-dealkylation sites (tertiary alicyclic amines) is 1. The Kier molecular flexibility index (Phi) is 6.05. The molecule has 3 rings (SSSR count). The Bertz CT molecular complexity index is 816. The quantitative estimate of drug-likeness (QED) is 0.723. The number of hydrogen-bond donors (Lipinski definition) is 0. The van der Waals surface area contributed by atoms with Crippen LogP contribution >= 0.6 is 11.3 Å². The number of methoxy groups -OCH3 is 2. The molecule has 146 valence electrons. The zero-order chi connectivity index (χ0) is 19.6. The van der Waals surface area contributed by atoms with Crippen molar-refractivity contribution in [3.8, 4) is 11.5 Å². The largest absolute Gasteiger partial charge is 0.497 e. The molecule has 0 spiro atoms. The Labute approximate surface area is 165 Å². The highest BCUT2D eigenvalue weighted by Crippen LogP contribution is 2.40. The van der Waals surface area contributed by atoms with Gasteiger partial charge in [-0.2, -0.15) is 0 Å².